The van der Waals surface area contributed by atoms with Crippen LogP contribution in [-0.4, -0.2) is 21.1 Å². The number of aryl methyl sites for hydroxylation is 1. The van der Waals surface area contributed by atoms with Crippen molar-refractivity contribution >= 4 is 38.8 Å². The molecule has 150 valence electrons. The standard InChI is InChI=1S/C21H20N2O4S2/c24-21(27-15-16-6-2-1-3-7-16)22-18-11-10-17-8-4-12-23(19(17)14-18)29(25,26)20-9-5-13-28-20/h1-3,5-7,9-11,13-14H,4,8,12,15H2,(H,22,24). The molecule has 0 atom stereocenters. The number of carbonyl (C=O) groups excluding carboxylic acids is 1. The third-order valence-corrected chi connectivity index (χ3v) is 7.85. The summed E-state index contributed by atoms with van der Waals surface area (Å²) in [5.41, 5.74) is 2.93. The number of hydrogen-bond donors (Lipinski definition) is 1. The maximum atomic E-state index is 13.0. The second kappa shape index (κ2) is 8.26. The minimum Gasteiger partial charge on any atom is -0.444 e. The highest BCUT2D eigenvalue weighted by atomic mass is 32.2. The van der Waals surface area contributed by atoms with Gasteiger partial charge in [0.15, 0.2) is 0 Å². The summed E-state index contributed by atoms with van der Waals surface area (Å²) in [5.74, 6) is 0. The summed E-state index contributed by atoms with van der Waals surface area (Å²) in [6, 6.07) is 18.1. The number of carbonyl (C=O) groups is 1. The van der Waals surface area contributed by atoms with Gasteiger partial charge in [0.25, 0.3) is 10.0 Å². The van der Waals surface area contributed by atoms with Gasteiger partial charge in [-0.15, -0.1) is 11.3 Å². The number of thiophene rings is 1. The van der Waals surface area contributed by atoms with Crippen molar-refractivity contribution in [3.63, 3.8) is 0 Å². The summed E-state index contributed by atoms with van der Waals surface area (Å²) in [6.45, 7) is 0.575. The summed E-state index contributed by atoms with van der Waals surface area (Å²) < 4.78 is 33.0. The monoisotopic (exact) mass is 428 g/mol. The predicted octanol–water partition coefficient (Wildman–Crippen LogP) is 4.64. The number of hydrogen-bond acceptors (Lipinski definition) is 5. The maximum Gasteiger partial charge on any atom is 0.411 e. The molecule has 1 aromatic heterocycles. The highest BCUT2D eigenvalue weighted by Crippen LogP contribution is 2.35. The molecule has 0 fully saturated rings. The van der Waals surface area contributed by atoms with Crippen LogP contribution in [0.25, 0.3) is 0 Å². The third kappa shape index (κ3) is 4.28. The smallest absolute Gasteiger partial charge is 0.411 e. The molecule has 6 nitrogen and oxygen atoms in total. The second-order valence-corrected chi connectivity index (χ2v) is 9.68. The Morgan fingerprint density at radius 2 is 1.93 bits per heavy atom. The molecule has 4 rings (SSSR count). The van der Waals surface area contributed by atoms with E-state index >= 15 is 0 Å². The Labute approximate surface area is 173 Å². The first kappa shape index (κ1) is 19.5. The van der Waals surface area contributed by atoms with E-state index in [4.69, 9.17) is 4.74 Å². The number of anilines is 2. The molecular weight excluding hydrogens is 408 g/mol. The normalized spacial score (nSPS) is 13.6. The van der Waals surface area contributed by atoms with E-state index in [1.54, 1.807) is 29.6 Å². The number of nitrogens with one attached hydrogen (secondary N) is 1. The van der Waals surface area contributed by atoms with Gasteiger partial charge in [-0.1, -0.05) is 42.5 Å². The van der Waals surface area contributed by atoms with Gasteiger partial charge in [-0.25, -0.2) is 13.2 Å². The SMILES string of the molecule is O=C(Nc1ccc2c(c1)N(S(=O)(=O)c1cccs1)CCC2)OCc1ccccc1. The van der Waals surface area contributed by atoms with E-state index < -0.39 is 16.1 Å². The minimum atomic E-state index is -3.62. The van der Waals surface area contributed by atoms with Crippen molar-refractivity contribution in [2.45, 2.75) is 23.7 Å². The maximum absolute atomic E-state index is 13.0. The van der Waals surface area contributed by atoms with Gasteiger partial charge in [0.1, 0.15) is 10.8 Å². The zero-order chi connectivity index (χ0) is 20.3. The Morgan fingerprint density at radius 3 is 2.69 bits per heavy atom. The van der Waals surface area contributed by atoms with Gasteiger partial charge in [0.2, 0.25) is 0 Å². The first-order valence-electron chi connectivity index (χ1n) is 9.21. The Balaban J connectivity index is 1.52. The van der Waals surface area contributed by atoms with E-state index in [-0.39, 0.29) is 6.61 Å². The fourth-order valence-electron chi connectivity index (χ4n) is 3.26. The average molecular weight is 429 g/mol. The van der Waals surface area contributed by atoms with Gasteiger partial charge >= 0.3 is 6.09 Å². The number of benzene rings is 2. The van der Waals surface area contributed by atoms with Crippen molar-refractivity contribution in [2.75, 3.05) is 16.2 Å². The fourth-order valence-corrected chi connectivity index (χ4v) is 5.90. The second-order valence-electron chi connectivity index (χ2n) is 6.64. The lowest BCUT2D eigenvalue weighted by Gasteiger charge is -2.30. The molecular formula is C21H20N2O4S2. The third-order valence-electron chi connectivity index (χ3n) is 4.66. The largest absolute Gasteiger partial charge is 0.444 e. The number of amides is 1. The van der Waals surface area contributed by atoms with Gasteiger partial charge in [-0.05, 0) is 47.5 Å². The first-order valence-corrected chi connectivity index (χ1v) is 11.5. The Morgan fingerprint density at radius 1 is 1.10 bits per heavy atom. The Bertz CT molecular complexity index is 1100. The molecule has 0 saturated carbocycles. The zero-order valence-electron chi connectivity index (χ0n) is 15.6. The van der Waals surface area contributed by atoms with E-state index in [9.17, 15) is 13.2 Å². The summed E-state index contributed by atoms with van der Waals surface area (Å²) in [4.78, 5) is 12.2. The van der Waals surface area contributed by atoms with Gasteiger partial charge in [-0.3, -0.25) is 9.62 Å². The highest BCUT2D eigenvalue weighted by molar-refractivity contribution is 7.94. The molecule has 0 bridgehead atoms. The Kier molecular flexibility index (Phi) is 5.55. The Hall–Kier alpha value is -2.84. The summed E-state index contributed by atoms with van der Waals surface area (Å²) in [5, 5.41) is 4.44. The molecule has 29 heavy (non-hydrogen) atoms. The first-order chi connectivity index (χ1) is 14.0. The topological polar surface area (TPSA) is 75.7 Å². The molecule has 2 aromatic carbocycles. The van der Waals surface area contributed by atoms with Crippen LogP contribution in [0.3, 0.4) is 0 Å². The molecule has 1 amide bonds. The van der Waals surface area contributed by atoms with Crippen LogP contribution in [0, 0.1) is 0 Å². The van der Waals surface area contributed by atoms with Crippen molar-refractivity contribution in [1.82, 2.24) is 0 Å². The zero-order valence-corrected chi connectivity index (χ0v) is 17.2. The quantitative estimate of drug-likeness (QED) is 0.642. The van der Waals surface area contributed by atoms with Crippen LogP contribution >= 0.6 is 11.3 Å². The van der Waals surface area contributed by atoms with Gasteiger partial charge < -0.3 is 4.74 Å². The summed E-state index contributed by atoms with van der Waals surface area (Å²) >= 11 is 1.20. The molecule has 0 unspecified atom stereocenters. The van der Waals surface area contributed by atoms with E-state index in [1.807, 2.05) is 36.4 Å². The van der Waals surface area contributed by atoms with Crippen molar-refractivity contribution in [2.24, 2.45) is 0 Å². The fraction of sp³-hybridized carbons (Fsp3) is 0.190. The molecule has 0 saturated heterocycles. The summed E-state index contributed by atoms with van der Waals surface area (Å²) in [6.07, 6.45) is 0.964. The lowest BCUT2D eigenvalue weighted by molar-refractivity contribution is 0.155. The number of fused-ring (bicyclic) bond motifs is 1. The number of nitrogens with zero attached hydrogens (tertiary/aromatic N) is 1. The van der Waals surface area contributed by atoms with Crippen LogP contribution in [-0.2, 0) is 27.8 Å². The van der Waals surface area contributed by atoms with Crippen LogP contribution in [0.15, 0.2) is 70.3 Å². The molecule has 0 radical (unpaired) electrons. The van der Waals surface area contributed by atoms with Crippen molar-refractivity contribution < 1.29 is 17.9 Å². The molecule has 8 heteroatoms. The van der Waals surface area contributed by atoms with E-state index in [2.05, 4.69) is 5.32 Å². The van der Waals surface area contributed by atoms with E-state index in [1.165, 1.54) is 15.6 Å². The van der Waals surface area contributed by atoms with Crippen molar-refractivity contribution in [3.8, 4) is 0 Å². The van der Waals surface area contributed by atoms with E-state index in [0.717, 1.165) is 24.0 Å². The van der Waals surface area contributed by atoms with E-state index in [0.29, 0.717) is 22.1 Å². The van der Waals surface area contributed by atoms with Crippen LogP contribution in [0.1, 0.15) is 17.5 Å². The summed E-state index contributed by atoms with van der Waals surface area (Å²) in [7, 11) is -3.62. The molecule has 1 aliphatic heterocycles. The highest BCUT2D eigenvalue weighted by Gasteiger charge is 2.30. The molecule has 2 heterocycles. The van der Waals surface area contributed by atoms with Gasteiger partial charge in [0.05, 0.1) is 5.69 Å². The molecule has 0 spiro atoms. The predicted molar refractivity (Wildman–Crippen MR) is 114 cm³/mol. The van der Waals surface area contributed by atoms with Crippen LogP contribution in [0.5, 0.6) is 0 Å². The molecule has 0 aliphatic carbocycles. The number of ether oxygens (including phenoxy) is 1. The van der Waals surface area contributed by atoms with Gasteiger partial charge in [-0.2, -0.15) is 0 Å². The minimum absolute atomic E-state index is 0.163. The van der Waals surface area contributed by atoms with Crippen LogP contribution < -0.4 is 9.62 Å². The number of rotatable bonds is 5. The molecule has 1 aliphatic rings. The molecule has 1 N–H and O–H groups in total. The van der Waals surface area contributed by atoms with Crippen LogP contribution in [0.2, 0.25) is 0 Å². The van der Waals surface area contributed by atoms with Crippen molar-refractivity contribution in [3.05, 3.63) is 77.2 Å². The van der Waals surface area contributed by atoms with Gasteiger partial charge in [0, 0.05) is 12.2 Å². The average Bonchev–Trinajstić information content (AvgIpc) is 3.28. The van der Waals surface area contributed by atoms with Crippen LogP contribution in [0.4, 0.5) is 16.2 Å². The lowest BCUT2D eigenvalue weighted by atomic mass is 10.0. The van der Waals surface area contributed by atoms with Crippen molar-refractivity contribution in [1.29, 1.82) is 0 Å². The molecule has 3 aromatic rings. The number of sulfonamides is 1. The lowest BCUT2D eigenvalue weighted by Crippen LogP contribution is -2.35.